The maximum Gasteiger partial charge on any atom is 0.416 e. The lowest BCUT2D eigenvalue weighted by Gasteiger charge is -2.36. The Morgan fingerprint density at radius 1 is 0.980 bits per heavy atom. The van der Waals surface area contributed by atoms with E-state index >= 15 is 0 Å². The van der Waals surface area contributed by atoms with Gasteiger partial charge in [-0.05, 0) is 90.4 Å². The van der Waals surface area contributed by atoms with Gasteiger partial charge in [0.2, 0.25) is 0 Å². The van der Waals surface area contributed by atoms with Gasteiger partial charge >= 0.3 is 12.4 Å². The molecule has 2 aromatic carbocycles. The van der Waals surface area contributed by atoms with Gasteiger partial charge in [0.25, 0.3) is 5.91 Å². The molecule has 0 atom stereocenters. The first kappa shape index (κ1) is 34.4. The Morgan fingerprint density at radius 2 is 1.76 bits per heavy atom. The number of unbranched alkanes of at least 4 members (excludes halogenated alkanes) is 1. The van der Waals surface area contributed by atoms with E-state index in [0.29, 0.717) is 19.3 Å². The van der Waals surface area contributed by atoms with Crippen LogP contribution in [0.25, 0.3) is 22.5 Å². The fraction of sp³-hybridized carbons (Fsp3) is 0.353. The minimum atomic E-state index is -4.81. The van der Waals surface area contributed by atoms with Crippen LogP contribution in [-0.4, -0.2) is 37.7 Å². The van der Waals surface area contributed by atoms with Crippen molar-refractivity contribution in [2.75, 3.05) is 16.8 Å². The van der Waals surface area contributed by atoms with Gasteiger partial charge in [0.1, 0.15) is 23.5 Å². The van der Waals surface area contributed by atoms with Crippen molar-refractivity contribution in [3.63, 3.8) is 0 Å². The molecule has 1 aliphatic carbocycles. The van der Waals surface area contributed by atoms with Gasteiger partial charge in [-0.1, -0.05) is 0 Å². The molecule has 0 radical (unpaired) electrons. The van der Waals surface area contributed by atoms with Crippen LogP contribution in [0, 0.1) is 22.7 Å². The van der Waals surface area contributed by atoms with E-state index in [-0.39, 0.29) is 70.4 Å². The van der Waals surface area contributed by atoms with Crippen LogP contribution >= 0.6 is 0 Å². The molecule has 16 heteroatoms. The molecule has 258 valence electrons. The molecule has 50 heavy (non-hydrogen) atoms. The van der Waals surface area contributed by atoms with Crippen molar-refractivity contribution >= 4 is 17.5 Å². The summed E-state index contributed by atoms with van der Waals surface area (Å²) >= 11 is 0. The van der Waals surface area contributed by atoms with Crippen molar-refractivity contribution in [3.05, 3.63) is 76.6 Å². The number of carbonyl (C=O) groups is 1. The molecule has 0 spiro atoms. The van der Waals surface area contributed by atoms with E-state index in [4.69, 9.17) is 5.26 Å². The molecule has 10 nitrogen and oxygen atoms in total. The number of carbonyl (C=O) groups excluding carboxylic acids is 1. The lowest BCUT2D eigenvalue weighted by atomic mass is 9.78. The predicted octanol–water partition coefficient (Wildman–Crippen LogP) is 6.99. The van der Waals surface area contributed by atoms with Crippen LogP contribution in [0.1, 0.15) is 64.7 Å². The van der Waals surface area contributed by atoms with E-state index in [0.717, 1.165) is 29.5 Å². The molecule has 1 aliphatic heterocycles. The SMILES string of the molecule is Cn1cnnc1-c1ccc(C(F)(F)F)cc1-c1cc(NCCCC#N)nc(N2Cc3c(cc(CNC4(C#N)CCC4)cc3C(F)(F)F)C2=O)c1. The quantitative estimate of drug-likeness (QED) is 0.134. The number of aryl methyl sites for hydroxylation is 1. The third kappa shape index (κ3) is 6.71. The van der Waals surface area contributed by atoms with Crippen molar-refractivity contribution in [2.24, 2.45) is 7.05 Å². The molecule has 4 aromatic rings. The summed E-state index contributed by atoms with van der Waals surface area (Å²) in [6.45, 7) is -0.320. The monoisotopic (exact) mass is 693 g/mol. The summed E-state index contributed by atoms with van der Waals surface area (Å²) in [6, 6.07) is 12.4. The second kappa shape index (κ2) is 13.1. The van der Waals surface area contributed by atoms with E-state index in [1.165, 1.54) is 35.2 Å². The number of pyridine rings is 1. The van der Waals surface area contributed by atoms with E-state index in [1.54, 1.807) is 7.05 Å². The number of halogens is 6. The highest BCUT2D eigenvalue weighted by Crippen LogP contribution is 2.42. The second-order valence-corrected chi connectivity index (χ2v) is 12.3. The molecule has 1 saturated carbocycles. The summed E-state index contributed by atoms with van der Waals surface area (Å²) in [6.07, 6.45) is -5.60. The van der Waals surface area contributed by atoms with Crippen LogP contribution < -0.4 is 15.5 Å². The number of hydrogen-bond donors (Lipinski definition) is 2. The molecule has 0 bridgehead atoms. The normalized spacial score (nSPS) is 15.3. The summed E-state index contributed by atoms with van der Waals surface area (Å²) in [7, 11) is 1.62. The van der Waals surface area contributed by atoms with Crippen LogP contribution in [0.3, 0.4) is 0 Å². The molecule has 3 heterocycles. The zero-order chi connectivity index (χ0) is 35.8. The molecule has 2 aromatic heterocycles. The number of nitrogens with one attached hydrogen (secondary N) is 2. The summed E-state index contributed by atoms with van der Waals surface area (Å²) in [5.41, 5.74) is -2.56. The van der Waals surface area contributed by atoms with Gasteiger partial charge in [0.05, 0.1) is 29.8 Å². The minimum absolute atomic E-state index is 0.0653. The summed E-state index contributed by atoms with van der Waals surface area (Å²) in [5.74, 6) is -0.498. The fourth-order valence-corrected chi connectivity index (χ4v) is 6.10. The zero-order valence-corrected chi connectivity index (χ0v) is 26.6. The third-order valence-corrected chi connectivity index (χ3v) is 8.93. The first-order valence-electron chi connectivity index (χ1n) is 15.6. The zero-order valence-electron chi connectivity index (χ0n) is 26.6. The number of amides is 1. The lowest BCUT2D eigenvalue weighted by molar-refractivity contribution is -0.138. The van der Waals surface area contributed by atoms with Crippen molar-refractivity contribution in [1.82, 2.24) is 25.1 Å². The molecular weight excluding hydrogens is 664 g/mol. The Morgan fingerprint density at radius 3 is 2.38 bits per heavy atom. The topological polar surface area (TPSA) is 136 Å². The second-order valence-electron chi connectivity index (χ2n) is 12.3. The van der Waals surface area contributed by atoms with Crippen LogP contribution in [0.4, 0.5) is 38.0 Å². The number of nitrogens with zero attached hydrogens (tertiary/aromatic N) is 7. The Bertz CT molecular complexity index is 2040. The number of hydrogen-bond acceptors (Lipinski definition) is 8. The molecule has 0 saturated heterocycles. The molecule has 0 unspecified atom stereocenters. The van der Waals surface area contributed by atoms with Crippen LogP contribution in [-0.2, 0) is 32.5 Å². The summed E-state index contributed by atoms with van der Waals surface area (Å²) < 4.78 is 86.7. The lowest BCUT2D eigenvalue weighted by Crippen LogP contribution is -2.49. The van der Waals surface area contributed by atoms with Gasteiger partial charge in [0, 0.05) is 37.7 Å². The minimum Gasteiger partial charge on any atom is -0.370 e. The molecule has 1 amide bonds. The Kier molecular flexibility index (Phi) is 9.00. The van der Waals surface area contributed by atoms with Gasteiger partial charge in [-0.2, -0.15) is 36.9 Å². The summed E-state index contributed by atoms with van der Waals surface area (Å²) in [5, 5.41) is 32.5. The average Bonchev–Trinajstić information content (AvgIpc) is 3.63. The van der Waals surface area contributed by atoms with E-state index in [9.17, 15) is 36.4 Å². The predicted molar refractivity (Wildman–Crippen MR) is 169 cm³/mol. The first-order chi connectivity index (χ1) is 23.7. The fourth-order valence-electron chi connectivity index (χ4n) is 6.10. The first-order valence-corrected chi connectivity index (χ1v) is 15.6. The number of anilines is 2. The molecule has 6 rings (SSSR count). The number of benzene rings is 2. The smallest absolute Gasteiger partial charge is 0.370 e. The molecule has 1 fully saturated rings. The van der Waals surface area contributed by atoms with Crippen molar-refractivity contribution in [3.8, 4) is 34.7 Å². The average molecular weight is 694 g/mol. The number of aromatic nitrogens is 4. The van der Waals surface area contributed by atoms with Gasteiger partial charge in [-0.3, -0.25) is 15.0 Å². The van der Waals surface area contributed by atoms with E-state index in [1.807, 2.05) is 6.07 Å². The highest BCUT2D eigenvalue weighted by Gasteiger charge is 2.42. The van der Waals surface area contributed by atoms with Gasteiger partial charge in [0.15, 0.2) is 5.82 Å². The van der Waals surface area contributed by atoms with Gasteiger partial charge in [-0.15, -0.1) is 10.2 Å². The number of rotatable bonds is 10. The third-order valence-electron chi connectivity index (χ3n) is 8.93. The van der Waals surface area contributed by atoms with Crippen LogP contribution in [0.2, 0.25) is 0 Å². The molecule has 2 aliphatic rings. The number of alkyl halides is 6. The highest BCUT2D eigenvalue weighted by atomic mass is 19.4. The molecule has 2 N–H and O–H groups in total. The van der Waals surface area contributed by atoms with E-state index in [2.05, 4.69) is 31.9 Å². The largest absolute Gasteiger partial charge is 0.416 e. The maximum absolute atomic E-state index is 14.4. The standard InChI is InChI=1S/C34H29F6N9O/c1-48-19-45-47-30(48)23-6-5-22(33(35,36)37)15-24(23)21-13-28(43-10-3-2-9-41)46-29(14-21)49-17-26-25(31(49)50)11-20(12-27(26)34(38,39)40)16-44-32(18-42)7-4-8-32/h5-6,11-15,19,44H,2-4,7-8,10,16-17H2,1H3,(H,43,46). The van der Waals surface area contributed by atoms with Gasteiger partial charge in [-0.25, -0.2) is 4.98 Å². The number of fused-ring (bicyclic) bond motifs is 1. The van der Waals surface area contributed by atoms with Crippen LogP contribution in [0.5, 0.6) is 0 Å². The Balaban J connectivity index is 1.45. The van der Waals surface area contributed by atoms with Crippen molar-refractivity contribution in [2.45, 2.75) is 63.1 Å². The van der Waals surface area contributed by atoms with Gasteiger partial charge < -0.3 is 9.88 Å². The molecular formula is C34H29F6N9O. The summed E-state index contributed by atoms with van der Waals surface area (Å²) in [4.78, 5) is 19.5. The Labute approximate surface area is 282 Å². The highest BCUT2D eigenvalue weighted by molar-refractivity contribution is 6.10. The number of nitriles is 2. The van der Waals surface area contributed by atoms with E-state index < -0.39 is 41.5 Å². The maximum atomic E-state index is 14.4. The van der Waals surface area contributed by atoms with Crippen LogP contribution in [0.15, 0.2) is 48.8 Å². The Hall–Kier alpha value is -5.48. The van der Waals surface area contributed by atoms with Crippen molar-refractivity contribution in [1.29, 1.82) is 10.5 Å². The van der Waals surface area contributed by atoms with Crippen molar-refractivity contribution < 1.29 is 31.1 Å².